The number of nitrogens with zero attached hydrogens (tertiary/aromatic N) is 7. The standard InChI is InChI=1S/C46H54FN9O3/c1-31-26-33(8-9-35(31)43-28-54(24-25-59-43)41-27-38(50-51-44(41)48)37-6-3-4-7-42(37)57)45(58)53-22-15-46(47,16-23-53)29-52-19-12-34(13-20-52)56-21-14-36-32(2)39(10-11-40(36)56)55-18-5-17-49-30-55/h3-11,14,18,21,26-27,34,43,49,57H,12-13,15-17,19-20,22-25,28-30H2,1-2H3,(H2,48,51)/i17D,30D/t17?,30-,43?/m1/s1. The zero-order valence-corrected chi connectivity index (χ0v) is 33.7. The van der Waals surface area contributed by atoms with E-state index < -0.39 is 18.8 Å². The van der Waals surface area contributed by atoms with E-state index in [1.165, 1.54) is 0 Å². The van der Waals surface area contributed by atoms with Gasteiger partial charge < -0.3 is 39.7 Å². The number of hydrogen-bond acceptors (Lipinski definition) is 10. The summed E-state index contributed by atoms with van der Waals surface area (Å²) >= 11 is 0. The SMILES string of the molecule is [2H]C1C=CN(c2ccc3c(ccn3C3CCN(CC4(F)CCN(C(=O)c5ccc(C6CN(c7cc(-c8ccccc8O)nnc7N)CCO6)c(C)c5)CC4)CC3)c2C)[C@H]([2H])N1. The molecular formula is C46H54FN9O3. The molecule has 0 spiro atoms. The lowest BCUT2D eigenvalue weighted by Crippen LogP contribution is -2.51. The van der Waals surface area contributed by atoms with E-state index in [9.17, 15) is 9.90 Å². The summed E-state index contributed by atoms with van der Waals surface area (Å²) in [6.07, 6.45) is 7.96. The Balaban J connectivity index is 0.781. The Morgan fingerprint density at radius 2 is 1.83 bits per heavy atom. The van der Waals surface area contributed by atoms with Crippen molar-refractivity contribution < 1.29 is 21.8 Å². The highest BCUT2D eigenvalue weighted by Crippen LogP contribution is 2.37. The number of ether oxygens (including phenoxy) is 1. The van der Waals surface area contributed by atoms with E-state index in [-0.39, 0.29) is 17.8 Å². The minimum atomic E-state index is -1.34. The number of aryl methyl sites for hydroxylation is 2. The molecule has 4 aliphatic heterocycles. The number of carbonyl (C=O) groups excluding carboxylic acids is 1. The maximum atomic E-state index is 16.4. The molecule has 3 atom stereocenters. The van der Waals surface area contributed by atoms with Gasteiger partial charge in [-0.3, -0.25) is 10.1 Å². The van der Waals surface area contributed by atoms with Crippen LogP contribution in [0.3, 0.4) is 0 Å². The van der Waals surface area contributed by atoms with E-state index in [0.29, 0.717) is 80.9 Å². The highest BCUT2D eigenvalue weighted by atomic mass is 19.1. The van der Waals surface area contributed by atoms with Gasteiger partial charge in [-0.05, 0) is 91.9 Å². The number of likely N-dealkylation sites (tertiary alicyclic amines) is 2. The van der Waals surface area contributed by atoms with Crippen molar-refractivity contribution in [2.45, 2.75) is 57.3 Å². The number of fused-ring (bicyclic) bond motifs is 1. The van der Waals surface area contributed by atoms with E-state index in [4.69, 9.17) is 13.2 Å². The Bertz CT molecular complexity index is 2450. The van der Waals surface area contributed by atoms with E-state index in [2.05, 4.69) is 61.2 Å². The second kappa shape index (κ2) is 16.3. The number of hydrogen-bond donors (Lipinski definition) is 3. The van der Waals surface area contributed by atoms with E-state index >= 15 is 4.39 Å². The molecule has 3 aromatic carbocycles. The maximum absolute atomic E-state index is 16.4. The predicted octanol–water partition coefficient (Wildman–Crippen LogP) is 6.74. The van der Waals surface area contributed by atoms with Crippen molar-refractivity contribution in [1.29, 1.82) is 0 Å². The van der Waals surface area contributed by atoms with Crippen molar-refractivity contribution in [2.75, 3.05) is 81.1 Å². The van der Waals surface area contributed by atoms with Gasteiger partial charge in [0.05, 0.1) is 26.0 Å². The van der Waals surface area contributed by atoms with Crippen LogP contribution in [0, 0.1) is 13.8 Å². The smallest absolute Gasteiger partial charge is 0.253 e. The van der Waals surface area contributed by atoms with Crippen LogP contribution in [0.4, 0.5) is 21.6 Å². The molecule has 0 bridgehead atoms. The molecule has 12 nitrogen and oxygen atoms in total. The van der Waals surface area contributed by atoms with Gasteiger partial charge in [0, 0.05) is 113 Å². The van der Waals surface area contributed by atoms with E-state index in [0.717, 1.165) is 64.9 Å². The summed E-state index contributed by atoms with van der Waals surface area (Å²) < 4.78 is 41.3. The average Bonchev–Trinajstić information content (AvgIpc) is 3.70. The lowest BCUT2D eigenvalue weighted by atomic mass is 9.91. The highest BCUT2D eigenvalue weighted by Gasteiger charge is 2.39. The number of benzene rings is 3. The largest absolute Gasteiger partial charge is 0.507 e. The number of amides is 1. The minimum absolute atomic E-state index is 0.0811. The van der Waals surface area contributed by atoms with Gasteiger partial charge in [0.25, 0.3) is 5.91 Å². The fourth-order valence-electron chi connectivity index (χ4n) is 9.38. The quantitative estimate of drug-likeness (QED) is 0.155. The molecular weight excluding hydrogens is 746 g/mol. The molecule has 3 saturated heterocycles. The summed E-state index contributed by atoms with van der Waals surface area (Å²) in [5.41, 5.74) is 12.5. The molecule has 0 radical (unpaired) electrons. The first kappa shape index (κ1) is 36.6. The molecule has 1 amide bonds. The first-order valence-corrected chi connectivity index (χ1v) is 20.7. The summed E-state index contributed by atoms with van der Waals surface area (Å²) in [6, 6.07) is 21.3. The predicted molar refractivity (Wildman–Crippen MR) is 230 cm³/mol. The number of carbonyl (C=O) groups is 1. The Hall–Kier alpha value is -5.50. The fourth-order valence-corrected chi connectivity index (χ4v) is 9.38. The molecule has 5 aromatic rings. The number of phenols is 1. The number of anilines is 3. The lowest BCUT2D eigenvalue weighted by molar-refractivity contribution is 0.0158. The molecule has 4 aliphatic rings. The third-order valence-electron chi connectivity index (χ3n) is 12.7. The molecule has 2 unspecified atom stereocenters. The Morgan fingerprint density at radius 1 is 1.02 bits per heavy atom. The van der Waals surface area contributed by atoms with Crippen molar-refractivity contribution in [3.05, 3.63) is 107 Å². The van der Waals surface area contributed by atoms with Gasteiger partial charge in [-0.25, -0.2) is 4.39 Å². The third-order valence-corrected chi connectivity index (χ3v) is 12.7. The monoisotopic (exact) mass is 801 g/mol. The topological polar surface area (TPSA) is 128 Å². The first-order chi connectivity index (χ1) is 29.4. The van der Waals surface area contributed by atoms with Crippen LogP contribution >= 0.6 is 0 Å². The van der Waals surface area contributed by atoms with Crippen LogP contribution in [0.2, 0.25) is 0 Å². The molecule has 3 fully saturated rings. The average molecular weight is 802 g/mol. The summed E-state index contributed by atoms with van der Waals surface area (Å²) in [5.74, 6) is 0.334. The lowest BCUT2D eigenvalue weighted by Gasteiger charge is -2.41. The zero-order valence-electron chi connectivity index (χ0n) is 35.7. The minimum Gasteiger partial charge on any atom is -0.507 e. The second-order valence-corrected chi connectivity index (χ2v) is 16.4. The Labute approximate surface area is 347 Å². The maximum Gasteiger partial charge on any atom is 0.253 e. The third kappa shape index (κ3) is 7.86. The summed E-state index contributed by atoms with van der Waals surface area (Å²) in [6.45, 7) is 7.15. The number of nitrogens with one attached hydrogen (secondary N) is 1. The van der Waals surface area contributed by atoms with Crippen LogP contribution in [0.5, 0.6) is 5.75 Å². The van der Waals surface area contributed by atoms with Crippen LogP contribution in [0.15, 0.2) is 85.2 Å². The van der Waals surface area contributed by atoms with Gasteiger partial charge in [0.1, 0.15) is 17.5 Å². The van der Waals surface area contributed by atoms with Crippen molar-refractivity contribution in [3.63, 3.8) is 0 Å². The van der Waals surface area contributed by atoms with Gasteiger partial charge in [-0.15, -0.1) is 10.2 Å². The van der Waals surface area contributed by atoms with Crippen LogP contribution in [0.25, 0.3) is 22.2 Å². The number of morpholine rings is 1. The molecule has 4 N–H and O–H groups in total. The number of halogens is 1. The van der Waals surface area contributed by atoms with Crippen LogP contribution in [-0.4, -0.2) is 107 Å². The van der Waals surface area contributed by atoms with E-state index in [1.807, 2.05) is 48.4 Å². The normalized spacial score (nSPS) is 23.4. The van der Waals surface area contributed by atoms with Gasteiger partial charge in [0.15, 0.2) is 5.82 Å². The molecule has 0 aliphatic carbocycles. The molecule has 2 aromatic heterocycles. The summed E-state index contributed by atoms with van der Waals surface area (Å²) in [4.78, 5) is 21.8. The number of aromatic hydroxyl groups is 1. The summed E-state index contributed by atoms with van der Waals surface area (Å²) in [7, 11) is 0. The van der Waals surface area contributed by atoms with Crippen LogP contribution in [-0.2, 0) is 4.74 Å². The summed E-state index contributed by atoms with van der Waals surface area (Å²) in [5, 5.41) is 22.9. The Morgan fingerprint density at radius 3 is 2.61 bits per heavy atom. The molecule has 59 heavy (non-hydrogen) atoms. The van der Waals surface area contributed by atoms with Crippen molar-refractivity contribution in [1.82, 2.24) is 29.9 Å². The van der Waals surface area contributed by atoms with Crippen LogP contribution < -0.4 is 20.9 Å². The molecule has 13 heteroatoms. The number of nitrogens with two attached hydrogens (primary N) is 1. The molecule has 308 valence electrons. The second-order valence-electron chi connectivity index (χ2n) is 16.4. The van der Waals surface area contributed by atoms with Gasteiger partial charge >= 0.3 is 0 Å². The number of rotatable bonds is 8. The number of alkyl halides is 1. The van der Waals surface area contributed by atoms with Crippen molar-refractivity contribution in [2.24, 2.45) is 0 Å². The van der Waals surface area contributed by atoms with Gasteiger partial charge in [-0.1, -0.05) is 24.3 Å². The Kier molecular flexibility index (Phi) is 10.1. The number of aromatic nitrogens is 3. The number of para-hydroxylation sites is 1. The van der Waals surface area contributed by atoms with Crippen molar-refractivity contribution >= 4 is 34.0 Å². The number of nitrogen functional groups attached to an aromatic ring is 1. The molecule has 6 heterocycles. The van der Waals surface area contributed by atoms with E-state index in [1.54, 1.807) is 29.2 Å². The fraction of sp³-hybridized carbons (Fsp3) is 0.413. The van der Waals surface area contributed by atoms with Crippen LogP contribution in [0.1, 0.15) is 67.6 Å². The van der Waals surface area contributed by atoms with Gasteiger partial charge in [-0.2, -0.15) is 0 Å². The number of phenolic OH excluding ortho intramolecular Hbond substituents is 1. The number of piperidine rings is 2. The van der Waals surface area contributed by atoms with Gasteiger partial charge in [0.2, 0.25) is 0 Å². The molecule has 0 saturated carbocycles. The molecule has 9 rings (SSSR count). The highest BCUT2D eigenvalue weighted by molar-refractivity contribution is 5.94. The zero-order chi connectivity index (χ0) is 42.4. The first-order valence-electron chi connectivity index (χ1n) is 21.9. The van der Waals surface area contributed by atoms with Crippen molar-refractivity contribution in [3.8, 4) is 17.0 Å².